The first-order valence-corrected chi connectivity index (χ1v) is 5.64. The summed E-state index contributed by atoms with van der Waals surface area (Å²) in [5.74, 6) is -1.61. The molecule has 1 rings (SSSR count). The molecule has 104 valence electrons. The highest BCUT2D eigenvalue weighted by Crippen LogP contribution is 2.21. The monoisotopic (exact) mass is 268 g/mol. The summed E-state index contributed by atoms with van der Waals surface area (Å²) in [7, 11) is 1.57. The smallest absolute Gasteiger partial charge is 0.339 e. The van der Waals surface area contributed by atoms with Crippen LogP contribution in [0.4, 0.5) is 10.5 Å². The third kappa shape index (κ3) is 4.84. The highest BCUT2D eigenvalue weighted by atomic mass is 16.5. The van der Waals surface area contributed by atoms with Crippen molar-refractivity contribution in [1.82, 2.24) is 5.32 Å². The molecule has 0 aliphatic rings. The van der Waals surface area contributed by atoms with Crippen molar-refractivity contribution in [2.45, 2.75) is 6.42 Å². The number of hydrogen-bond acceptors (Lipinski definition) is 4. The summed E-state index contributed by atoms with van der Waals surface area (Å²) in [6.45, 7) is 0.992. The van der Waals surface area contributed by atoms with E-state index in [1.807, 2.05) is 0 Å². The van der Waals surface area contributed by atoms with Gasteiger partial charge in [0.05, 0.1) is 0 Å². The Kier molecular flexibility index (Phi) is 5.62. The molecule has 0 bridgehead atoms. The highest BCUT2D eigenvalue weighted by molar-refractivity contribution is 5.95. The molecule has 0 aromatic heterocycles. The van der Waals surface area contributed by atoms with Crippen molar-refractivity contribution in [3.63, 3.8) is 0 Å². The lowest BCUT2D eigenvalue weighted by Crippen LogP contribution is -2.30. The molecule has 1 aromatic carbocycles. The first-order chi connectivity index (χ1) is 9.04. The molecule has 2 amide bonds. The summed E-state index contributed by atoms with van der Waals surface area (Å²) in [6.07, 6.45) is 0.680. The van der Waals surface area contributed by atoms with Gasteiger partial charge < -0.3 is 25.6 Å². The number of carboxylic acid groups (broad SMARTS) is 1. The maximum Gasteiger partial charge on any atom is 0.339 e. The van der Waals surface area contributed by atoms with E-state index in [0.29, 0.717) is 25.3 Å². The van der Waals surface area contributed by atoms with Gasteiger partial charge in [0.2, 0.25) is 0 Å². The number of carbonyl (C=O) groups excluding carboxylic acids is 1. The van der Waals surface area contributed by atoms with Crippen LogP contribution in [0.5, 0.6) is 5.75 Å². The van der Waals surface area contributed by atoms with Crippen LogP contribution in [-0.2, 0) is 4.74 Å². The van der Waals surface area contributed by atoms with Crippen LogP contribution in [0.15, 0.2) is 18.2 Å². The van der Waals surface area contributed by atoms with E-state index in [9.17, 15) is 14.7 Å². The van der Waals surface area contributed by atoms with Crippen LogP contribution in [0, 0.1) is 0 Å². The zero-order valence-electron chi connectivity index (χ0n) is 10.5. The van der Waals surface area contributed by atoms with E-state index >= 15 is 0 Å². The molecular weight excluding hydrogens is 252 g/mol. The number of methoxy groups -OCH3 is 1. The average Bonchev–Trinajstić information content (AvgIpc) is 2.36. The lowest BCUT2D eigenvalue weighted by Gasteiger charge is -2.08. The number of amides is 2. The van der Waals surface area contributed by atoms with Gasteiger partial charge in [0.15, 0.2) is 0 Å². The Bertz CT molecular complexity index is 461. The zero-order chi connectivity index (χ0) is 14.3. The van der Waals surface area contributed by atoms with Crippen LogP contribution in [0.2, 0.25) is 0 Å². The maximum absolute atomic E-state index is 11.5. The van der Waals surface area contributed by atoms with E-state index in [1.54, 1.807) is 7.11 Å². The fourth-order valence-corrected chi connectivity index (χ4v) is 1.38. The number of rotatable bonds is 6. The molecule has 0 radical (unpaired) electrons. The number of ether oxygens (including phenoxy) is 1. The predicted octanol–water partition coefficient (Wildman–Crippen LogP) is 1.25. The molecule has 0 fully saturated rings. The molecule has 0 saturated carbocycles. The molecule has 19 heavy (non-hydrogen) atoms. The summed E-state index contributed by atoms with van der Waals surface area (Å²) in [5, 5.41) is 23.2. The van der Waals surface area contributed by atoms with Crippen molar-refractivity contribution in [2.24, 2.45) is 0 Å². The Morgan fingerprint density at radius 2 is 2.11 bits per heavy atom. The first kappa shape index (κ1) is 14.8. The normalized spacial score (nSPS) is 9.95. The van der Waals surface area contributed by atoms with Gasteiger partial charge in [0, 0.05) is 25.9 Å². The summed E-state index contributed by atoms with van der Waals surface area (Å²) in [4.78, 5) is 22.3. The number of carboxylic acids is 1. The van der Waals surface area contributed by atoms with Crippen LogP contribution < -0.4 is 10.6 Å². The van der Waals surface area contributed by atoms with Crippen LogP contribution in [0.25, 0.3) is 0 Å². The molecule has 7 heteroatoms. The molecule has 0 heterocycles. The van der Waals surface area contributed by atoms with E-state index < -0.39 is 12.0 Å². The standard InChI is InChI=1S/C12H16N2O5/c1-19-6-2-5-13-12(18)14-8-3-4-10(15)9(7-8)11(16)17/h3-4,7,15H,2,5-6H2,1H3,(H,16,17)(H2,13,14,18). The quantitative estimate of drug-likeness (QED) is 0.458. The molecule has 7 nitrogen and oxygen atoms in total. The van der Waals surface area contributed by atoms with Crippen molar-refractivity contribution in [1.29, 1.82) is 0 Å². The maximum atomic E-state index is 11.5. The minimum absolute atomic E-state index is 0.266. The van der Waals surface area contributed by atoms with Gasteiger partial charge >= 0.3 is 12.0 Å². The highest BCUT2D eigenvalue weighted by Gasteiger charge is 2.11. The second-order valence-corrected chi connectivity index (χ2v) is 3.76. The number of phenols is 1. The summed E-state index contributed by atoms with van der Waals surface area (Å²) in [6, 6.07) is 3.37. The number of hydrogen-bond donors (Lipinski definition) is 4. The molecule has 0 aliphatic carbocycles. The molecule has 0 spiro atoms. The number of carbonyl (C=O) groups is 2. The van der Waals surface area contributed by atoms with Gasteiger partial charge in [-0.3, -0.25) is 0 Å². The van der Waals surface area contributed by atoms with Gasteiger partial charge in [-0.15, -0.1) is 0 Å². The van der Waals surface area contributed by atoms with Gasteiger partial charge in [-0.25, -0.2) is 9.59 Å². The topological polar surface area (TPSA) is 108 Å². The fourth-order valence-electron chi connectivity index (χ4n) is 1.38. The van der Waals surface area contributed by atoms with E-state index in [1.165, 1.54) is 18.2 Å². The van der Waals surface area contributed by atoms with Crippen LogP contribution >= 0.6 is 0 Å². The van der Waals surface area contributed by atoms with E-state index in [-0.39, 0.29) is 11.3 Å². The lowest BCUT2D eigenvalue weighted by molar-refractivity contribution is 0.0693. The third-order valence-electron chi connectivity index (χ3n) is 2.30. The van der Waals surface area contributed by atoms with Crippen molar-refractivity contribution in [3.8, 4) is 5.75 Å². The largest absolute Gasteiger partial charge is 0.507 e. The minimum Gasteiger partial charge on any atom is -0.507 e. The molecule has 0 saturated heterocycles. The van der Waals surface area contributed by atoms with Crippen LogP contribution in [-0.4, -0.2) is 42.5 Å². The van der Waals surface area contributed by atoms with Gasteiger partial charge in [0.1, 0.15) is 11.3 Å². The van der Waals surface area contributed by atoms with Crippen molar-refractivity contribution >= 4 is 17.7 Å². The summed E-state index contributed by atoms with van der Waals surface area (Å²) < 4.78 is 4.83. The van der Waals surface area contributed by atoms with E-state index in [0.717, 1.165) is 0 Å². The predicted molar refractivity (Wildman–Crippen MR) is 68.6 cm³/mol. The van der Waals surface area contributed by atoms with Gasteiger partial charge in [-0.05, 0) is 24.6 Å². The second kappa shape index (κ2) is 7.22. The third-order valence-corrected chi connectivity index (χ3v) is 2.30. The van der Waals surface area contributed by atoms with Crippen molar-refractivity contribution in [2.75, 3.05) is 25.6 Å². The molecule has 0 aliphatic heterocycles. The Labute approximate surface area is 110 Å². The van der Waals surface area contributed by atoms with Gasteiger partial charge in [-0.2, -0.15) is 0 Å². The van der Waals surface area contributed by atoms with E-state index in [2.05, 4.69) is 10.6 Å². The second-order valence-electron chi connectivity index (χ2n) is 3.76. The average molecular weight is 268 g/mol. The molecule has 1 aromatic rings. The van der Waals surface area contributed by atoms with Crippen molar-refractivity contribution < 1.29 is 24.5 Å². The molecule has 0 atom stereocenters. The Hall–Kier alpha value is -2.28. The minimum atomic E-state index is -1.26. The first-order valence-electron chi connectivity index (χ1n) is 5.64. The number of aromatic carboxylic acids is 1. The molecule has 0 unspecified atom stereocenters. The Balaban J connectivity index is 2.55. The zero-order valence-corrected chi connectivity index (χ0v) is 10.5. The van der Waals surface area contributed by atoms with E-state index in [4.69, 9.17) is 9.84 Å². The van der Waals surface area contributed by atoms with Gasteiger partial charge in [-0.1, -0.05) is 0 Å². The lowest BCUT2D eigenvalue weighted by atomic mass is 10.2. The SMILES string of the molecule is COCCCNC(=O)Nc1ccc(O)c(C(=O)O)c1. The Morgan fingerprint density at radius 1 is 1.37 bits per heavy atom. The number of aromatic hydroxyl groups is 1. The number of benzene rings is 1. The summed E-state index contributed by atoms with van der Waals surface area (Å²) >= 11 is 0. The number of urea groups is 1. The molecule has 4 N–H and O–H groups in total. The number of anilines is 1. The summed E-state index contributed by atoms with van der Waals surface area (Å²) in [5.41, 5.74) is 0.0247. The fraction of sp³-hybridized carbons (Fsp3) is 0.333. The Morgan fingerprint density at radius 3 is 2.74 bits per heavy atom. The number of nitrogens with one attached hydrogen (secondary N) is 2. The van der Waals surface area contributed by atoms with Crippen molar-refractivity contribution in [3.05, 3.63) is 23.8 Å². The molecular formula is C12H16N2O5. The van der Waals surface area contributed by atoms with Crippen LogP contribution in [0.3, 0.4) is 0 Å². The van der Waals surface area contributed by atoms with Gasteiger partial charge in [0.25, 0.3) is 0 Å². The van der Waals surface area contributed by atoms with Crippen LogP contribution in [0.1, 0.15) is 16.8 Å².